The van der Waals surface area contributed by atoms with E-state index in [0.29, 0.717) is 35.0 Å². The van der Waals surface area contributed by atoms with Crippen molar-refractivity contribution < 1.29 is 14.6 Å². The van der Waals surface area contributed by atoms with Crippen LogP contribution in [0.3, 0.4) is 0 Å². The molecular weight excluding hydrogens is 426 g/mol. The van der Waals surface area contributed by atoms with Crippen LogP contribution in [0.15, 0.2) is 34.4 Å². The van der Waals surface area contributed by atoms with Crippen molar-refractivity contribution in [2.45, 2.75) is 26.5 Å². The van der Waals surface area contributed by atoms with Crippen LogP contribution in [0, 0.1) is 18.3 Å². The predicted molar refractivity (Wildman–Crippen MR) is 128 cm³/mol. The number of terminal acetylenes is 1. The molecule has 0 amide bonds. The Labute approximate surface area is 192 Å². The summed E-state index contributed by atoms with van der Waals surface area (Å²) in [5, 5.41) is 12.8. The molecule has 2 aromatic heterocycles. The maximum absolute atomic E-state index is 13.0. The van der Waals surface area contributed by atoms with E-state index in [0.717, 1.165) is 23.4 Å². The van der Waals surface area contributed by atoms with Gasteiger partial charge in [-0.05, 0) is 23.6 Å². The number of nitrogens with zero attached hydrogens (tertiary/aromatic N) is 2. The summed E-state index contributed by atoms with van der Waals surface area (Å²) in [6, 6.07) is 7.61. The van der Waals surface area contributed by atoms with Crippen LogP contribution in [-0.4, -0.2) is 59.5 Å². The summed E-state index contributed by atoms with van der Waals surface area (Å²) in [5.41, 5.74) is 1.63. The van der Waals surface area contributed by atoms with E-state index in [1.54, 1.807) is 7.11 Å². The maximum atomic E-state index is 13.0. The Morgan fingerprint density at radius 2 is 2.03 bits per heavy atom. The average Bonchev–Trinajstić information content (AvgIpc) is 3.18. The molecule has 0 fully saturated rings. The Balaban J connectivity index is 1.81. The number of thiophene rings is 1. The fraction of sp³-hybridized carbons (Fsp3) is 0.417. The minimum atomic E-state index is -0.680. The second kappa shape index (κ2) is 11.2. The van der Waals surface area contributed by atoms with Crippen molar-refractivity contribution in [2.75, 3.05) is 33.4 Å². The molecule has 170 valence electrons. The number of aromatic amines is 1. The quantitative estimate of drug-likeness (QED) is 0.341. The monoisotopic (exact) mass is 455 g/mol. The largest absolute Gasteiger partial charge is 0.497 e. The molecule has 0 saturated heterocycles. The number of hydrogen-bond acceptors (Lipinski definition) is 7. The Kier molecular flexibility index (Phi) is 8.42. The molecule has 0 spiro atoms. The molecule has 32 heavy (non-hydrogen) atoms. The fourth-order valence-electron chi connectivity index (χ4n) is 3.59. The average molecular weight is 456 g/mol. The van der Waals surface area contributed by atoms with Crippen LogP contribution in [0.2, 0.25) is 0 Å². The lowest BCUT2D eigenvalue weighted by Crippen LogP contribution is -2.37. The lowest BCUT2D eigenvalue weighted by molar-refractivity contribution is 0.0232. The van der Waals surface area contributed by atoms with Crippen molar-refractivity contribution in [3.8, 4) is 29.2 Å². The smallest absolute Gasteiger partial charge is 0.260 e. The highest BCUT2D eigenvalue weighted by atomic mass is 32.1. The molecule has 1 unspecified atom stereocenters. The van der Waals surface area contributed by atoms with Crippen molar-refractivity contribution in [2.24, 2.45) is 5.92 Å². The summed E-state index contributed by atoms with van der Waals surface area (Å²) in [6.07, 6.45) is 4.50. The molecule has 0 aliphatic carbocycles. The van der Waals surface area contributed by atoms with Crippen molar-refractivity contribution in [1.82, 2.24) is 14.9 Å². The highest BCUT2D eigenvalue weighted by Gasteiger charge is 2.18. The van der Waals surface area contributed by atoms with Gasteiger partial charge in [-0.25, -0.2) is 4.98 Å². The molecule has 0 bridgehead atoms. The zero-order valence-electron chi connectivity index (χ0n) is 18.6. The van der Waals surface area contributed by atoms with Crippen LogP contribution in [0.5, 0.6) is 5.75 Å². The second-order valence-corrected chi connectivity index (χ2v) is 8.89. The van der Waals surface area contributed by atoms with Gasteiger partial charge in [0.25, 0.3) is 5.56 Å². The normalized spacial score (nSPS) is 12.4. The number of rotatable bonds is 11. The minimum Gasteiger partial charge on any atom is -0.497 e. The topological polar surface area (TPSA) is 87.7 Å². The molecule has 3 rings (SSSR count). The molecule has 0 aliphatic rings. The highest BCUT2D eigenvalue weighted by Crippen LogP contribution is 2.31. The van der Waals surface area contributed by atoms with Crippen LogP contribution in [0.4, 0.5) is 0 Å². The van der Waals surface area contributed by atoms with Gasteiger partial charge in [0.2, 0.25) is 0 Å². The Morgan fingerprint density at radius 1 is 1.28 bits per heavy atom. The second-order valence-electron chi connectivity index (χ2n) is 8.03. The van der Waals surface area contributed by atoms with Gasteiger partial charge < -0.3 is 19.6 Å². The van der Waals surface area contributed by atoms with Gasteiger partial charge in [0.1, 0.15) is 23.0 Å². The number of benzene rings is 1. The van der Waals surface area contributed by atoms with Gasteiger partial charge >= 0.3 is 0 Å². The number of fused-ring (bicyclic) bond motifs is 1. The molecule has 8 heteroatoms. The van der Waals surface area contributed by atoms with Crippen molar-refractivity contribution in [1.29, 1.82) is 0 Å². The number of H-pyrrole nitrogens is 1. The molecule has 2 heterocycles. The van der Waals surface area contributed by atoms with Gasteiger partial charge in [-0.1, -0.05) is 31.9 Å². The molecule has 0 aliphatic heterocycles. The third-order valence-electron chi connectivity index (χ3n) is 4.86. The molecule has 1 aromatic carbocycles. The Morgan fingerprint density at radius 3 is 2.69 bits per heavy atom. The van der Waals surface area contributed by atoms with Crippen molar-refractivity contribution in [3.63, 3.8) is 0 Å². The van der Waals surface area contributed by atoms with Gasteiger partial charge in [0.05, 0.1) is 31.8 Å². The van der Waals surface area contributed by atoms with Gasteiger partial charge in [-0.3, -0.25) is 9.69 Å². The van der Waals surface area contributed by atoms with Gasteiger partial charge in [-0.2, -0.15) is 0 Å². The third kappa shape index (κ3) is 6.17. The first-order valence-electron chi connectivity index (χ1n) is 10.5. The number of ether oxygens (including phenoxy) is 2. The molecule has 3 aromatic rings. The SMILES string of the molecule is C#CCOCC(O)CN(Cc1nc2scc(-c3ccc(OC)cc3)c2c(=O)[nH]1)CC(C)C. The van der Waals surface area contributed by atoms with E-state index in [2.05, 4.69) is 29.7 Å². The summed E-state index contributed by atoms with van der Waals surface area (Å²) in [4.78, 5) is 23.4. The van der Waals surface area contributed by atoms with Crippen LogP contribution in [-0.2, 0) is 11.3 Å². The van der Waals surface area contributed by atoms with E-state index in [9.17, 15) is 9.90 Å². The van der Waals surface area contributed by atoms with Crippen LogP contribution < -0.4 is 10.3 Å². The standard InChI is InChI=1S/C24H29N3O4S/c1-5-10-31-14-18(28)12-27(11-16(2)3)13-21-25-23(29)22-20(15-32-24(22)26-21)17-6-8-19(30-4)9-7-17/h1,6-9,15-16,18,28H,10-14H2,2-4H3,(H,25,26,29). The molecule has 1 atom stereocenters. The highest BCUT2D eigenvalue weighted by molar-refractivity contribution is 7.17. The zero-order chi connectivity index (χ0) is 23.1. The van der Waals surface area contributed by atoms with Gasteiger partial charge in [-0.15, -0.1) is 17.8 Å². The number of methoxy groups -OCH3 is 1. The number of nitrogens with one attached hydrogen (secondary N) is 1. The van der Waals surface area contributed by atoms with Crippen molar-refractivity contribution >= 4 is 21.6 Å². The first-order valence-corrected chi connectivity index (χ1v) is 11.4. The number of aromatic nitrogens is 2. The van der Waals surface area contributed by atoms with E-state index in [1.807, 2.05) is 29.6 Å². The molecule has 2 N–H and O–H groups in total. The zero-order valence-corrected chi connectivity index (χ0v) is 19.4. The Bertz CT molecular complexity index is 1110. The summed E-state index contributed by atoms with van der Waals surface area (Å²) in [5.74, 6) is 4.11. The third-order valence-corrected chi connectivity index (χ3v) is 5.73. The lowest BCUT2D eigenvalue weighted by atomic mass is 10.1. The summed E-state index contributed by atoms with van der Waals surface area (Å²) >= 11 is 1.45. The summed E-state index contributed by atoms with van der Waals surface area (Å²) in [6.45, 7) is 6.11. The molecule has 0 radical (unpaired) electrons. The fourth-order valence-corrected chi connectivity index (χ4v) is 4.55. The molecule has 7 nitrogen and oxygen atoms in total. The summed E-state index contributed by atoms with van der Waals surface area (Å²) in [7, 11) is 1.62. The predicted octanol–water partition coefficient (Wildman–Crippen LogP) is 3.13. The Hall–Kier alpha value is -2.70. The number of aliphatic hydroxyl groups excluding tert-OH is 1. The number of hydrogen-bond donors (Lipinski definition) is 2. The minimum absolute atomic E-state index is 0.165. The molecule has 0 saturated carbocycles. The molecular formula is C24H29N3O4S. The maximum Gasteiger partial charge on any atom is 0.260 e. The van der Waals surface area contributed by atoms with E-state index in [4.69, 9.17) is 20.9 Å². The van der Waals surface area contributed by atoms with Crippen LogP contribution >= 0.6 is 11.3 Å². The van der Waals surface area contributed by atoms with Crippen LogP contribution in [0.1, 0.15) is 19.7 Å². The van der Waals surface area contributed by atoms with E-state index in [-0.39, 0.29) is 18.8 Å². The van der Waals surface area contributed by atoms with Gasteiger partial charge in [0, 0.05) is 24.0 Å². The first-order chi connectivity index (χ1) is 15.4. The first kappa shape index (κ1) is 24.0. The van der Waals surface area contributed by atoms with E-state index < -0.39 is 6.10 Å². The van der Waals surface area contributed by atoms with E-state index in [1.165, 1.54) is 11.3 Å². The van der Waals surface area contributed by atoms with Gasteiger partial charge in [0.15, 0.2) is 0 Å². The summed E-state index contributed by atoms with van der Waals surface area (Å²) < 4.78 is 10.5. The van der Waals surface area contributed by atoms with E-state index >= 15 is 0 Å². The lowest BCUT2D eigenvalue weighted by Gasteiger charge is -2.26. The number of aliphatic hydroxyl groups is 1. The van der Waals surface area contributed by atoms with Crippen LogP contribution in [0.25, 0.3) is 21.3 Å². The van der Waals surface area contributed by atoms with Crippen molar-refractivity contribution in [3.05, 3.63) is 45.8 Å².